The zero-order chi connectivity index (χ0) is 22.5. The van der Waals surface area contributed by atoms with Crippen LogP contribution >= 0.6 is 34.4 Å². The van der Waals surface area contributed by atoms with E-state index in [-0.39, 0.29) is 40.0 Å². The summed E-state index contributed by atoms with van der Waals surface area (Å²) < 4.78 is 10.7. The Balaban J connectivity index is 1.73. The third kappa shape index (κ3) is 5.32. The van der Waals surface area contributed by atoms with Crippen molar-refractivity contribution in [2.75, 3.05) is 31.8 Å². The van der Waals surface area contributed by atoms with Gasteiger partial charge >= 0.3 is 5.97 Å². The van der Waals surface area contributed by atoms with Crippen molar-refractivity contribution in [3.8, 4) is 10.8 Å². The molecule has 3 rings (SSSR count). The minimum atomic E-state index is -0.588. The molecule has 3 aromatic rings. The Kier molecular flexibility index (Phi) is 7.46. The minimum absolute atomic E-state index is 0.0117. The standard InChI is InChI=1S/C19H20N4O5S3/c1-5-27-18(26)13-10(2)14(17(25)23(3)4)31-16(13)20-12(24)9-30-19-22-21-15(28-19)11-7-6-8-29-11/h6-8H,5,9H2,1-4H3,(H,20,24). The van der Waals surface area contributed by atoms with Gasteiger partial charge in [-0.2, -0.15) is 0 Å². The summed E-state index contributed by atoms with van der Waals surface area (Å²) in [5.41, 5.74) is 0.663. The Morgan fingerprint density at radius 2 is 2.06 bits per heavy atom. The van der Waals surface area contributed by atoms with E-state index in [4.69, 9.17) is 9.15 Å². The van der Waals surface area contributed by atoms with Crippen LogP contribution in [0.2, 0.25) is 0 Å². The van der Waals surface area contributed by atoms with Crippen LogP contribution in [0.25, 0.3) is 10.8 Å². The molecule has 0 spiro atoms. The third-order valence-electron chi connectivity index (χ3n) is 3.94. The number of carbonyl (C=O) groups is 3. The Bertz CT molecular complexity index is 1090. The number of thiophene rings is 2. The number of ether oxygens (including phenoxy) is 1. The minimum Gasteiger partial charge on any atom is -0.462 e. The normalized spacial score (nSPS) is 10.7. The maximum absolute atomic E-state index is 12.5. The lowest BCUT2D eigenvalue weighted by molar-refractivity contribution is -0.113. The van der Waals surface area contributed by atoms with Gasteiger partial charge in [0.2, 0.25) is 5.91 Å². The second kappa shape index (κ2) is 10.1. The number of carbonyl (C=O) groups excluding carboxylic acids is 3. The van der Waals surface area contributed by atoms with E-state index in [0.717, 1.165) is 28.0 Å². The fourth-order valence-corrected chi connectivity index (χ4v) is 4.96. The number of anilines is 1. The maximum atomic E-state index is 12.5. The molecule has 0 saturated carbocycles. The third-order valence-corrected chi connectivity index (χ3v) is 6.82. The highest BCUT2D eigenvalue weighted by Crippen LogP contribution is 2.35. The molecule has 0 unspecified atom stereocenters. The van der Waals surface area contributed by atoms with Crippen LogP contribution in [0.15, 0.2) is 27.2 Å². The number of hydrogen-bond donors (Lipinski definition) is 1. The van der Waals surface area contributed by atoms with Gasteiger partial charge in [0.25, 0.3) is 17.0 Å². The highest BCUT2D eigenvalue weighted by Gasteiger charge is 2.27. The molecule has 3 aromatic heterocycles. The zero-order valence-electron chi connectivity index (χ0n) is 17.3. The number of amides is 2. The van der Waals surface area contributed by atoms with Crippen molar-refractivity contribution in [2.24, 2.45) is 0 Å². The molecule has 164 valence electrons. The van der Waals surface area contributed by atoms with Crippen molar-refractivity contribution in [3.63, 3.8) is 0 Å². The molecule has 1 N–H and O–H groups in total. The lowest BCUT2D eigenvalue weighted by Gasteiger charge is -2.09. The van der Waals surface area contributed by atoms with Gasteiger partial charge in [0.15, 0.2) is 0 Å². The predicted octanol–water partition coefficient (Wildman–Crippen LogP) is 3.78. The molecule has 0 atom stereocenters. The molecule has 0 aromatic carbocycles. The van der Waals surface area contributed by atoms with Gasteiger partial charge in [-0.25, -0.2) is 4.79 Å². The number of hydrogen-bond acceptors (Lipinski definition) is 10. The first-order chi connectivity index (χ1) is 14.8. The average Bonchev–Trinajstić information content (AvgIpc) is 3.46. The molecular weight excluding hydrogens is 460 g/mol. The van der Waals surface area contributed by atoms with Crippen molar-refractivity contribution >= 4 is 57.2 Å². The van der Waals surface area contributed by atoms with Gasteiger partial charge in [-0.1, -0.05) is 17.8 Å². The number of thioether (sulfide) groups is 1. The molecule has 0 bridgehead atoms. The van der Waals surface area contributed by atoms with Gasteiger partial charge in [-0.3, -0.25) is 9.59 Å². The smallest absolute Gasteiger partial charge is 0.341 e. The lowest BCUT2D eigenvalue weighted by atomic mass is 10.1. The molecular formula is C19H20N4O5S3. The summed E-state index contributed by atoms with van der Waals surface area (Å²) in [5, 5.41) is 13.0. The van der Waals surface area contributed by atoms with Crippen LogP contribution < -0.4 is 5.32 Å². The van der Waals surface area contributed by atoms with E-state index in [9.17, 15) is 14.4 Å². The van der Waals surface area contributed by atoms with Crippen LogP contribution in [0.5, 0.6) is 0 Å². The molecule has 0 saturated heterocycles. The van der Waals surface area contributed by atoms with E-state index in [1.165, 1.54) is 16.2 Å². The first-order valence-corrected chi connectivity index (χ1v) is 11.8. The summed E-state index contributed by atoms with van der Waals surface area (Å²) in [5.74, 6) is -0.841. The summed E-state index contributed by atoms with van der Waals surface area (Å²) >= 11 is 3.60. The summed E-state index contributed by atoms with van der Waals surface area (Å²) in [4.78, 5) is 40.0. The lowest BCUT2D eigenvalue weighted by Crippen LogP contribution is -2.21. The van der Waals surface area contributed by atoms with Gasteiger partial charge in [-0.15, -0.1) is 32.9 Å². The van der Waals surface area contributed by atoms with Gasteiger partial charge in [-0.05, 0) is 30.9 Å². The van der Waals surface area contributed by atoms with Gasteiger partial charge < -0.3 is 19.4 Å². The Morgan fingerprint density at radius 3 is 2.71 bits per heavy atom. The van der Waals surface area contributed by atoms with Crippen LogP contribution in [-0.2, 0) is 9.53 Å². The largest absolute Gasteiger partial charge is 0.462 e. The van der Waals surface area contributed by atoms with E-state index in [1.54, 1.807) is 27.9 Å². The molecule has 9 nitrogen and oxygen atoms in total. The van der Waals surface area contributed by atoms with Gasteiger partial charge in [0.05, 0.1) is 27.7 Å². The maximum Gasteiger partial charge on any atom is 0.341 e. The Morgan fingerprint density at radius 1 is 1.29 bits per heavy atom. The SMILES string of the molecule is CCOC(=O)c1c(NC(=O)CSc2nnc(-c3cccs3)o2)sc(C(=O)N(C)C)c1C. The second-order valence-electron chi connectivity index (χ2n) is 6.37. The highest BCUT2D eigenvalue weighted by molar-refractivity contribution is 7.99. The first kappa shape index (κ1) is 23.0. The van der Waals surface area contributed by atoms with Crippen molar-refractivity contribution < 1.29 is 23.5 Å². The molecule has 0 fully saturated rings. The zero-order valence-corrected chi connectivity index (χ0v) is 19.7. The summed E-state index contributed by atoms with van der Waals surface area (Å²) in [6, 6.07) is 3.74. The first-order valence-electron chi connectivity index (χ1n) is 9.14. The van der Waals surface area contributed by atoms with Gasteiger partial charge in [0, 0.05) is 14.1 Å². The fourth-order valence-electron chi connectivity index (χ4n) is 2.52. The summed E-state index contributed by atoms with van der Waals surface area (Å²) in [6.45, 7) is 3.53. The second-order valence-corrected chi connectivity index (χ2v) is 9.26. The molecule has 3 heterocycles. The number of nitrogens with one attached hydrogen (secondary N) is 1. The predicted molar refractivity (Wildman–Crippen MR) is 120 cm³/mol. The Labute approximate surface area is 190 Å². The van der Waals surface area contributed by atoms with Crippen molar-refractivity contribution in [2.45, 2.75) is 19.1 Å². The van der Waals surface area contributed by atoms with Crippen LogP contribution in [0, 0.1) is 6.92 Å². The van der Waals surface area contributed by atoms with E-state index in [0.29, 0.717) is 16.3 Å². The number of nitrogens with zero attached hydrogens (tertiary/aromatic N) is 3. The Hall–Kier alpha value is -2.70. The van der Waals surface area contributed by atoms with Gasteiger partial charge in [0.1, 0.15) is 5.00 Å². The van der Waals surface area contributed by atoms with E-state index >= 15 is 0 Å². The van der Waals surface area contributed by atoms with Crippen LogP contribution in [0.3, 0.4) is 0 Å². The van der Waals surface area contributed by atoms with E-state index in [1.807, 2.05) is 17.5 Å². The molecule has 0 radical (unpaired) electrons. The topological polar surface area (TPSA) is 115 Å². The van der Waals surface area contributed by atoms with Crippen molar-refractivity contribution in [1.29, 1.82) is 0 Å². The monoisotopic (exact) mass is 480 g/mol. The summed E-state index contributed by atoms with van der Waals surface area (Å²) in [6.07, 6.45) is 0. The van der Waals surface area contributed by atoms with E-state index < -0.39 is 5.97 Å². The molecule has 31 heavy (non-hydrogen) atoms. The molecule has 0 aliphatic heterocycles. The molecule has 0 aliphatic rings. The van der Waals surface area contributed by atoms with Crippen LogP contribution in [0.4, 0.5) is 5.00 Å². The van der Waals surface area contributed by atoms with E-state index in [2.05, 4.69) is 15.5 Å². The highest BCUT2D eigenvalue weighted by atomic mass is 32.2. The fraction of sp³-hybridized carbons (Fsp3) is 0.316. The number of esters is 1. The van der Waals surface area contributed by atoms with Crippen LogP contribution in [0.1, 0.15) is 32.5 Å². The summed E-state index contributed by atoms with van der Waals surface area (Å²) in [7, 11) is 3.24. The molecule has 2 amide bonds. The quantitative estimate of drug-likeness (QED) is 0.383. The average molecular weight is 481 g/mol. The van der Waals surface area contributed by atoms with Crippen molar-refractivity contribution in [1.82, 2.24) is 15.1 Å². The number of aromatic nitrogens is 2. The molecule has 0 aliphatic carbocycles. The van der Waals surface area contributed by atoms with Crippen molar-refractivity contribution in [3.05, 3.63) is 33.5 Å². The molecule has 12 heteroatoms. The van der Waals surface area contributed by atoms with Crippen LogP contribution in [-0.4, -0.2) is 59.3 Å². The number of rotatable bonds is 8.